The molecule has 0 radical (unpaired) electrons. The topological polar surface area (TPSA) is 53.7 Å². The van der Waals surface area contributed by atoms with E-state index in [1.165, 1.54) is 0 Å². The quantitative estimate of drug-likeness (QED) is 0.681. The van der Waals surface area contributed by atoms with Crippen LogP contribution in [-0.4, -0.2) is 26.4 Å². The average Bonchev–Trinajstić information content (AvgIpc) is 2.39. The number of nitrogen functional groups attached to an aromatic ring is 1. The Morgan fingerprint density at radius 3 is 2.71 bits per heavy atom. The van der Waals surface area contributed by atoms with E-state index < -0.39 is 0 Å². The molecule has 0 unspecified atom stereocenters. The largest absolute Gasteiger partial charge is 0.487 e. The molecule has 1 heterocycles. The van der Waals surface area contributed by atoms with Crippen LogP contribution in [0.3, 0.4) is 0 Å². The monoisotopic (exact) mass is 195 g/mol. The van der Waals surface area contributed by atoms with Crippen molar-refractivity contribution in [1.29, 1.82) is 0 Å². The van der Waals surface area contributed by atoms with Crippen molar-refractivity contribution in [2.75, 3.05) is 26.1 Å². The molecule has 1 aromatic rings. The maximum atomic E-state index is 5.63. The molecule has 1 aliphatic rings. The van der Waals surface area contributed by atoms with E-state index in [1.54, 1.807) is 19.2 Å². The smallest absolute Gasteiger partial charge is 0.163 e. The molecule has 0 saturated heterocycles. The van der Waals surface area contributed by atoms with Gasteiger partial charge in [0.2, 0.25) is 0 Å². The molecular formula is C10H13NO3. The van der Waals surface area contributed by atoms with Gasteiger partial charge in [0, 0.05) is 18.9 Å². The van der Waals surface area contributed by atoms with Crippen molar-refractivity contribution in [3.8, 4) is 11.5 Å². The molecule has 1 aliphatic heterocycles. The number of nitrogens with two attached hydrogens (primary N) is 1. The summed E-state index contributed by atoms with van der Waals surface area (Å²) in [6.07, 6.45) is -0.0244. The Labute approximate surface area is 82.6 Å². The fourth-order valence-electron chi connectivity index (χ4n) is 1.31. The third kappa shape index (κ3) is 1.75. The van der Waals surface area contributed by atoms with Gasteiger partial charge in [-0.2, -0.15) is 0 Å². The van der Waals surface area contributed by atoms with Gasteiger partial charge in [0.15, 0.2) is 11.5 Å². The van der Waals surface area contributed by atoms with Gasteiger partial charge >= 0.3 is 0 Å². The van der Waals surface area contributed by atoms with Crippen LogP contribution in [0.15, 0.2) is 18.2 Å². The molecule has 14 heavy (non-hydrogen) atoms. The second kappa shape index (κ2) is 3.75. The fourth-order valence-corrected chi connectivity index (χ4v) is 1.31. The Morgan fingerprint density at radius 2 is 2.00 bits per heavy atom. The summed E-state index contributed by atoms with van der Waals surface area (Å²) in [5, 5.41) is 0. The molecule has 2 rings (SSSR count). The molecule has 4 nitrogen and oxygen atoms in total. The lowest BCUT2D eigenvalue weighted by atomic mass is 10.3. The molecule has 1 atom stereocenters. The molecule has 0 spiro atoms. The van der Waals surface area contributed by atoms with Gasteiger partial charge in [-0.15, -0.1) is 0 Å². The highest BCUT2D eigenvalue weighted by Crippen LogP contribution is 2.31. The molecule has 1 aromatic carbocycles. The van der Waals surface area contributed by atoms with Crippen molar-refractivity contribution in [2.45, 2.75) is 6.10 Å². The summed E-state index contributed by atoms with van der Waals surface area (Å²) in [7, 11) is 1.64. The van der Waals surface area contributed by atoms with Crippen LogP contribution in [0.1, 0.15) is 0 Å². The number of anilines is 1. The van der Waals surface area contributed by atoms with Crippen molar-refractivity contribution >= 4 is 5.69 Å². The fraction of sp³-hybridized carbons (Fsp3) is 0.400. The first-order valence-corrected chi connectivity index (χ1v) is 4.47. The lowest BCUT2D eigenvalue weighted by Gasteiger charge is -2.09. The second-order valence-corrected chi connectivity index (χ2v) is 3.19. The zero-order chi connectivity index (χ0) is 9.97. The third-order valence-corrected chi connectivity index (χ3v) is 2.15. The lowest BCUT2D eigenvalue weighted by Crippen LogP contribution is -2.24. The Balaban J connectivity index is 2.21. The van der Waals surface area contributed by atoms with Gasteiger partial charge in [-0.1, -0.05) is 0 Å². The van der Waals surface area contributed by atoms with Crippen LogP contribution >= 0.6 is 0 Å². The second-order valence-electron chi connectivity index (χ2n) is 3.19. The number of rotatable bonds is 1. The number of methoxy groups -OCH3 is 1. The summed E-state index contributed by atoms with van der Waals surface area (Å²) in [4.78, 5) is 0. The van der Waals surface area contributed by atoms with Gasteiger partial charge in [-0.05, 0) is 12.1 Å². The molecule has 0 aliphatic carbocycles. The average molecular weight is 195 g/mol. The van der Waals surface area contributed by atoms with Crippen molar-refractivity contribution in [1.82, 2.24) is 0 Å². The number of hydrogen-bond donors (Lipinski definition) is 1. The minimum absolute atomic E-state index is 0.0244. The van der Waals surface area contributed by atoms with Crippen LogP contribution in [0.25, 0.3) is 0 Å². The first-order chi connectivity index (χ1) is 6.79. The number of ether oxygens (including phenoxy) is 3. The van der Waals surface area contributed by atoms with Crippen molar-refractivity contribution in [2.24, 2.45) is 0 Å². The Bertz CT molecular complexity index is 327. The molecule has 0 aromatic heterocycles. The Kier molecular flexibility index (Phi) is 2.45. The minimum atomic E-state index is -0.0244. The van der Waals surface area contributed by atoms with Gasteiger partial charge in [-0.25, -0.2) is 0 Å². The zero-order valence-corrected chi connectivity index (χ0v) is 8.03. The Hall–Kier alpha value is -1.42. The summed E-state index contributed by atoms with van der Waals surface area (Å²) >= 11 is 0. The van der Waals surface area contributed by atoms with E-state index in [0.29, 0.717) is 24.7 Å². The van der Waals surface area contributed by atoms with Crippen LogP contribution in [-0.2, 0) is 4.74 Å². The number of benzene rings is 1. The van der Waals surface area contributed by atoms with E-state index in [-0.39, 0.29) is 6.10 Å². The van der Waals surface area contributed by atoms with Crippen molar-refractivity contribution in [3.63, 3.8) is 0 Å². The maximum absolute atomic E-state index is 5.63. The normalized spacial score (nSPS) is 20.2. The van der Waals surface area contributed by atoms with Crippen LogP contribution < -0.4 is 15.2 Å². The molecule has 0 saturated carbocycles. The van der Waals surface area contributed by atoms with E-state index in [1.807, 2.05) is 6.07 Å². The van der Waals surface area contributed by atoms with Crippen LogP contribution in [0.4, 0.5) is 5.69 Å². The van der Waals surface area contributed by atoms with Crippen molar-refractivity contribution < 1.29 is 14.2 Å². The van der Waals surface area contributed by atoms with Gasteiger partial charge in [0.05, 0.1) is 0 Å². The standard InChI is InChI=1S/C10H13NO3/c1-12-8-5-13-9-3-2-7(11)4-10(9)14-6-8/h2-4,8H,5-6,11H2,1H3/t8-/m1/s1. The molecule has 4 heteroatoms. The summed E-state index contributed by atoms with van der Waals surface area (Å²) in [5.41, 5.74) is 6.30. The third-order valence-electron chi connectivity index (χ3n) is 2.15. The zero-order valence-electron chi connectivity index (χ0n) is 8.03. The molecule has 0 amide bonds. The van der Waals surface area contributed by atoms with E-state index in [4.69, 9.17) is 19.9 Å². The first kappa shape index (κ1) is 9.15. The molecule has 2 N–H and O–H groups in total. The van der Waals surface area contributed by atoms with Gasteiger partial charge in [-0.3, -0.25) is 0 Å². The predicted molar refractivity (Wildman–Crippen MR) is 52.6 cm³/mol. The van der Waals surface area contributed by atoms with E-state index >= 15 is 0 Å². The van der Waals surface area contributed by atoms with E-state index in [9.17, 15) is 0 Å². The lowest BCUT2D eigenvalue weighted by molar-refractivity contribution is 0.0366. The highest BCUT2D eigenvalue weighted by molar-refractivity contribution is 5.52. The highest BCUT2D eigenvalue weighted by atomic mass is 16.6. The minimum Gasteiger partial charge on any atom is -0.487 e. The van der Waals surface area contributed by atoms with Crippen LogP contribution in [0, 0.1) is 0 Å². The molecular weight excluding hydrogens is 182 g/mol. The van der Waals surface area contributed by atoms with Crippen molar-refractivity contribution in [3.05, 3.63) is 18.2 Å². The van der Waals surface area contributed by atoms with Gasteiger partial charge < -0.3 is 19.9 Å². The molecule has 76 valence electrons. The van der Waals surface area contributed by atoms with Crippen LogP contribution in [0.2, 0.25) is 0 Å². The Morgan fingerprint density at radius 1 is 1.29 bits per heavy atom. The molecule has 0 fully saturated rings. The SMILES string of the molecule is CO[C@@H]1COc2ccc(N)cc2OC1. The summed E-state index contributed by atoms with van der Waals surface area (Å²) in [6, 6.07) is 5.35. The first-order valence-electron chi connectivity index (χ1n) is 4.47. The van der Waals surface area contributed by atoms with Gasteiger partial charge in [0.1, 0.15) is 19.3 Å². The summed E-state index contributed by atoms with van der Waals surface area (Å²) in [5.74, 6) is 1.41. The molecule has 0 bridgehead atoms. The highest BCUT2D eigenvalue weighted by Gasteiger charge is 2.17. The number of hydrogen-bond acceptors (Lipinski definition) is 4. The predicted octanol–water partition coefficient (Wildman–Crippen LogP) is 1.05. The van der Waals surface area contributed by atoms with Gasteiger partial charge in [0.25, 0.3) is 0 Å². The van der Waals surface area contributed by atoms with E-state index in [0.717, 1.165) is 5.75 Å². The van der Waals surface area contributed by atoms with Crippen LogP contribution in [0.5, 0.6) is 11.5 Å². The summed E-state index contributed by atoms with van der Waals surface area (Å²) < 4.78 is 16.2. The maximum Gasteiger partial charge on any atom is 0.163 e. The van der Waals surface area contributed by atoms with E-state index in [2.05, 4.69) is 0 Å². The number of fused-ring (bicyclic) bond motifs is 1. The summed E-state index contributed by atoms with van der Waals surface area (Å²) in [6.45, 7) is 1.00.